The number of aromatic nitrogens is 2. The summed E-state index contributed by atoms with van der Waals surface area (Å²) in [5.41, 5.74) is 3.45. The van der Waals surface area contributed by atoms with Crippen LogP contribution in [0.2, 0.25) is 0 Å². The van der Waals surface area contributed by atoms with Crippen molar-refractivity contribution in [3.63, 3.8) is 0 Å². The first-order valence-electron chi connectivity index (χ1n) is 8.85. The van der Waals surface area contributed by atoms with E-state index in [1.807, 2.05) is 43.3 Å². The standard InChI is InChI=1S/C21H19BrN4O2/c1-2-12-26-21(28)18-11-7-6-10-17(18)19(25-26)20(27)24-23-14-16(22)13-15-8-4-3-5-9-15/h3-11,13-14H,2,12H2,1H3,(H,24,27)/b16-13-,23-14+. The molecule has 0 fully saturated rings. The van der Waals surface area contributed by atoms with Gasteiger partial charge in [0.1, 0.15) is 0 Å². The lowest BCUT2D eigenvalue weighted by atomic mass is 10.1. The normalized spacial score (nSPS) is 11.9. The van der Waals surface area contributed by atoms with Crippen LogP contribution in [0.4, 0.5) is 0 Å². The number of aryl methyl sites for hydroxylation is 1. The van der Waals surface area contributed by atoms with Crippen LogP contribution in [0.1, 0.15) is 29.4 Å². The minimum absolute atomic E-state index is 0.170. The molecule has 7 heteroatoms. The summed E-state index contributed by atoms with van der Waals surface area (Å²) in [7, 11) is 0. The third-order valence-electron chi connectivity index (χ3n) is 3.98. The zero-order valence-electron chi connectivity index (χ0n) is 15.3. The highest BCUT2D eigenvalue weighted by atomic mass is 79.9. The molecule has 0 bridgehead atoms. The summed E-state index contributed by atoms with van der Waals surface area (Å²) < 4.78 is 2.03. The Labute approximate surface area is 170 Å². The molecule has 3 rings (SSSR count). The Morgan fingerprint density at radius 2 is 1.82 bits per heavy atom. The van der Waals surface area contributed by atoms with Crippen molar-refractivity contribution in [1.29, 1.82) is 0 Å². The molecule has 1 aromatic heterocycles. The third kappa shape index (κ3) is 4.61. The number of allylic oxidation sites excluding steroid dienone is 1. The van der Waals surface area contributed by atoms with E-state index in [2.05, 4.69) is 31.6 Å². The summed E-state index contributed by atoms with van der Waals surface area (Å²) in [6, 6.07) is 16.7. The van der Waals surface area contributed by atoms with Crippen LogP contribution in [-0.4, -0.2) is 21.9 Å². The SMILES string of the molecule is CCCn1nc(C(=O)N/N=C/C(Br)=C/c2ccccc2)c2ccccc2c1=O. The fourth-order valence-corrected chi connectivity index (χ4v) is 3.08. The molecule has 0 radical (unpaired) electrons. The number of nitrogens with zero attached hydrogens (tertiary/aromatic N) is 3. The predicted molar refractivity (Wildman–Crippen MR) is 116 cm³/mol. The van der Waals surface area contributed by atoms with Gasteiger partial charge >= 0.3 is 0 Å². The van der Waals surface area contributed by atoms with Gasteiger partial charge in [0.05, 0.1) is 11.6 Å². The molecule has 0 spiro atoms. The zero-order chi connectivity index (χ0) is 19.9. The van der Waals surface area contributed by atoms with Gasteiger partial charge in [-0.3, -0.25) is 9.59 Å². The second kappa shape index (κ2) is 9.23. The van der Waals surface area contributed by atoms with Gasteiger partial charge in [0.15, 0.2) is 5.69 Å². The van der Waals surface area contributed by atoms with Crippen molar-refractivity contribution in [2.75, 3.05) is 0 Å². The molecule has 0 atom stereocenters. The van der Waals surface area contributed by atoms with Gasteiger partial charge in [0, 0.05) is 16.4 Å². The highest BCUT2D eigenvalue weighted by Gasteiger charge is 2.15. The second-order valence-electron chi connectivity index (χ2n) is 6.06. The Morgan fingerprint density at radius 3 is 2.54 bits per heavy atom. The summed E-state index contributed by atoms with van der Waals surface area (Å²) in [4.78, 5) is 25.1. The quantitative estimate of drug-likeness (QED) is 0.467. The lowest BCUT2D eigenvalue weighted by Gasteiger charge is -2.09. The van der Waals surface area contributed by atoms with Crippen LogP contribution in [0.5, 0.6) is 0 Å². The minimum atomic E-state index is -0.475. The number of nitrogens with one attached hydrogen (secondary N) is 1. The molecule has 3 aromatic rings. The monoisotopic (exact) mass is 438 g/mol. The van der Waals surface area contributed by atoms with Crippen LogP contribution in [0.15, 0.2) is 69.0 Å². The molecule has 0 aliphatic carbocycles. The molecule has 1 heterocycles. The zero-order valence-corrected chi connectivity index (χ0v) is 16.9. The van der Waals surface area contributed by atoms with E-state index in [1.165, 1.54) is 10.9 Å². The summed E-state index contributed by atoms with van der Waals surface area (Å²) in [6.07, 6.45) is 4.11. The number of hydrogen-bond donors (Lipinski definition) is 1. The number of carbonyl (C=O) groups is 1. The van der Waals surface area contributed by atoms with E-state index in [0.29, 0.717) is 21.8 Å². The number of halogens is 1. The number of rotatable bonds is 6. The van der Waals surface area contributed by atoms with Crippen molar-refractivity contribution in [2.45, 2.75) is 19.9 Å². The lowest BCUT2D eigenvalue weighted by molar-refractivity contribution is 0.0949. The predicted octanol–water partition coefficient (Wildman–Crippen LogP) is 3.96. The van der Waals surface area contributed by atoms with Gasteiger partial charge < -0.3 is 0 Å². The average Bonchev–Trinajstić information content (AvgIpc) is 2.71. The van der Waals surface area contributed by atoms with Crippen LogP contribution >= 0.6 is 15.9 Å². The number of amides is 1. The Kier molecular flexibility index (Phi) is 6.49. The molecule has 1 N–H and O–H groups in total. The van der Waals surface area contributed by atoms with Gasteiger partial charge in [-0.15, -0.1) is 0 Å². The van der Waals surface area contributed by atoms with Crippen LogP contribution in [0, 0.1) is 0 Å². The minimum Gasteiger partial charge on any atom is -0.267 e. The van der Waals surface area contributed by atoms with Crippen molar-refractivity contribution in [2.24, 2.45) is 5.10 Å². The first-order valence-corrected chi connectivity index (χ1v) is 9.65. The van der Waals surface area contributed by atoms with Gasteiger partial charge in [0.25, 0.3) is 11.5 Å². The fraction of sp³-hybridized carbons (Fsp3) is 0.143. The van der Waals surface area contributed by atoms with Gasteiger partial charge in [-0.05, 0) is 40.1 Å². The molecule has 1 amide bonds. The van der Waals surface area contributed by atoms with Gasteiger partial charge in [-0.25, -0.2) is 10.1 Å². The Balaban J connectivity index is 1.84. The van der Waals surface area contributed by atoms with Crippen molar-refractivity contribution in [3.8, 4) is 0 Å². The second-order valence-corrected chi connectivity index (χ2v) is 6.98. The van der Waals surface area contributed by atoms with E-state index in [1.54, 1.807) is 24.3 Å². The Bertz CT molecular complexity index is 1100. The molecule has 142 valence electrons. The average molecular weight is 439 g/mol. The molecule has 0 unspecified atom stereocenters. The maximum Gasteiger partial charge on any atom is 0.292 e. The highest BCUT2D eigenvalue weighted by Crippen LogP contribution is 2.14. The van der Waals surface area contributed by atoms with E-state index in [0.717, 1.165) is 12.0 Å². The van der Waals surface area contributed by atoms with Crippen LogP contribution < -0.4 is 11.0 Å². The number of hydrogen-bond acceptors (Lipinski definition) is 4. The first kappa shape index (κ1) is 19.7. The largest absolute Gasteiger partial charge is 0.292 e. The van der Waals surface area contributed by atoms with Gasteiger partial charge in [-0.1, -0.05) is 55.5 Å². The summed E-state index contributed by atoms with van der Waals surface area (Å²) in [6.45, 7) is 2.39. The summed E-state index contributed by atoms with van der Waals surface area (Å²) in [5, 5.41) is 9.20. The number of carbonyl (C=O) groups excluding carboxylic acids is 1. The lowest BCUT2D eigenvalue weighted by Crippen LogP contribution is -2.29. The molecule has 6 nitrogen and oxygen atoms in total. The molecule has 28 heavy (non-hydrogen) atoms. The summed E-state index contributed by atoms with van der Waals surface area (Å²) in [5.74, 6) is -0.475. The number of fused-ring (bicyclic) bond motifs is 1. The van der Waals surface area contributed by atoms with Crippen molar-refractivity contribution in [3.05, 3.63) is 80.7 Å². The maximum atomic E-state index is 12.6. The maximum absolute atomic E-state index is 12.6. The fourth-order valence-electron chi connectivity index (χ4n) is 2.72. The molecule has 2 aromatic carbocycles. The molecule has 0 saturated heterocycles. The van der Waals surface area contributed by atoms with E-state index < -0.39 is 5.91 Å². The van der Waals surface area contributed by atoms with E-state index in [4.69, 9.17) is 0 Å². The molecule has 0 aliphatic heterocycles. The molecule has 0 saturated carbocycles. The molecular formula is C21H19BrN4O2. The van der Waals surface area contributed by atoms with Gasteiger partial charge in [-0.2, -0.15) is 10.2 Å². The number of hydrazone groups is 1. The van der Waals surface area contributed by atoms with Crippen LogP contribution in [-0.2, 0) is 6.54 Å². The van der Waals surface area contributed by atoms with Crippen molar-refractivity contribution in [1.82, 2.24) is 15.2 Å². The first-order chi connectivity index (χ1) is 13.6. The summed E-state index contributed by atoms with van der Waals surface area (Å²) >= 11 is 3.40. The number of benzene rings is 2. The Hall–Kier alpha value is -3.06. The van der Waals surface area contributed by atoms with E-state index >= 15 is 0 Å². The molecule has 0 aliphatic rings. The Morgan fingerprint density at radius 1 is 1.14 bits per heavy atom. The van der Waals surface area contributed by atoms with Crippen LogP contribution in [0.25, 0.3) is 16.8 Å². The molecular weight excluding hydrogens is 420 g/mol. The van der Waals surface area contributed by atoms with E-state index in [-0.39, 0.29) is 11.3 Å². The van der Waals surface area contributed by atoms with Gasteiger partial charge in [0.2, 0.25) is 0 Å². The van der Waals surface area contributed by atoms with Crippen molar-refractivity contribution < 1.29 is 4.79 Å². The van der Waals surface area contributed by atoms with Crippen LogP contribution in [0.3, 0.4) is 0 Å². The topological polar surface area (TPSA) is 76.3 Å². The smallest absolute Gasteiger partial charge is 0.267 e. The van der Waals surface area contributed by atoms with E-state index in [9.17, 15) is 9.59 Å². The third-order valence-corrected chi connectivity index (χ3v) is 4.41. The highest BCUT2D eigenvalue weighted by molar-refractivity contribution is 9.12. The van der Waals surface area contributed by atoms with Crippen molar-refractivity contribution >= 4 is 44.9 Å².